The van der Waals surface area contributed by atoms with E-state index in [4.69, 9.17) is 0 Å². The summed E-state index contributed by atoms with van der Waals surface area (Å²) in [6.45, 7) is 11.5. The molecular weight excluding hydrogens is 246 g/mol. The lowest BCUT2D eigenvalue weighted by Crippen LogP contribution is -2.57. The second kappa shape index (κ2) is 7.19. The van der Waals surface area contributed by atoms with Crippen LogP contribution in [-0.4, -0.2) is 35.1 Å². The molecule has 2 rings (SSSR count). The maximum absolute atomic E-state index is 4.28. The molecule has 3 heteroatoms. The fourth-order valence-electron chi connectivity index (χ4n) is 3.28. The van der Waals surface area contributed by atoms with Crippen LogP contribution in [0.3, 0.4) is 0 Å². The SMILES string of the molecule is CCC1CNC(CC(C)C)CN1C(C)c1cccnc1. The van der Waals surface area contributed by atoms with Gasteiger partial charge in [0.2, 0.25) is 0 Å². The minimum Gasteiger partial charge on any atom is -0.311 e. The number of rotatable bonds is 5. The monoisotopic (exact) mass is 275 g/mol. The van der Waals surface area contributed by atoms with Crippen molar-refractivity contribution in [1.29, 1.82) is 0 Å². The van der Waals surface area contributed by atoms with Crippen LogP contribution in [0.15, 0.2) is 24.5 Å². The molecule has 0 radical (unpaired) electrons. The van der Waals surface area contributed by atoms with Crippen LogP contribution in [-0.2, 0) is 0 Å². The van der Waals surface area contributed by atoms with E-state index in [2.05, 4.69) is 49.0 Å². The minimum atomic E-state index is 0.449. The Balaban J connectivity index is 2.08. The van der Waals surface area contributed by atoms with Crippen molar-refractivity contribution in [2.45, 2.75) is 58.7 Å². The highest BCUT2D eigenvalue weighted by atomic mass is 15.3. The van der Waals surface area contributed by atoms with Crippen molar-refractivity contribution in [1.82, 2.24) is 15.2 Å². The molecule has 3 nitrogen and oxygen atoms in total. The molecule has 2 heterocycles. The molecule has 3 atom stereocenters. The van der Waals surface area contributed by atoms with E-state index in [1.165, 1.54) is 18.4 Å². The molecule has 0 bridgehead atoms. The fourth-order valence-corrected chi connectivity index (χ4v) is 3.28. The quantitative estimate of drug-likeness (QED) is 0.894. The number of hydrogen-bond acceptors (Lipinski definition) is 3. The molecule has 0 aromatic carbocycles. The Morgan fingerprint density at radius 3 is 2.80 bits per heavy atom. The van der Waals surface area contributed by atoms with E-state index in [9.17, 15) is 0 Å². The van der Waals surface area contributed by atoms with Crippen LogP contribution < -0.4 is 5.32 Å². The largest absolute Gasteiger partial charge is 0.311 e. The summed E-state index contributed by atoms with van der Waals surface area (Å²) in [4.78, 5) is 6.94. The van der Waals surface area contributed by atoms with Gasteiger partial charge >= 0.3 is 0 Å². The molecule has 1 aromatic heterocycles. The first kappa shape index (κ1) is 15.5. The third-order valence-corrected chi connectivity index (χ3v) is 4.43. The average Bonchev–Trinajstić information content (AvgIpc) is 2.46. The van der Waals surface area contributed by atoms with Crippen molar-refractivity contribution in [3.05, 3.63) is 30.1 Å². The van der Waals surface area contributed by atoms with Crippen LogP contribution in [0.2, 0.25) is 0 Å². The van der Waals surface area contributed by atoms with E-state index in [0.29, 0.717) is 18.1 Å². The Labute approximate surface area is 123 Å². The van der Waals surface area contributed by atoms with E-state index in [0.717, 1.165) is 19.0 Å². The van der Waals surface area contributed by atoms with E-state index in [1.807, 2.05) is 18.5 Å². The lowest BCUT2D eigenvalue weighted by molar-refractivity contribution is 0.0801. The Kier molecular flexibility index (Phi) is 5.55. The summed E-state index contributed by atoms with van der Waals surface area (Å²) in [5.41, 5.74) is 1.33. The van der Waals surface area contributed by atoms with Crippen LogP contribution in [0.4, 0.5) is 0 Å². The zero-order valence-electron chi connectivity index (χ0n) is 13.3. The molecule has 1 aromatic rings. The van der Waals surface area contributed by atoms with Crippen molar-refractivity contribution in [2.24, 2.45) is 5.92 Å². The van der Waals surface area contributed by atoms with Crippen LogP contribution in [0.1, 0.15) is 52.1 Å². The van der Waals surface area contributed by atoms with Crippen molar-refractivity contribution < 1.29 is 0 Å². The summed E-state index contributed by atoms with van der Waals surface area (Å²) in [5, 5.41) is 3.73. The molecular formula is C17H29N3. The molecule has 0 aliphatic carbocycles. The summed E-state index contributed by atoms with van der Waals surface area (Å²) in [7, 11) is 0. The Morgan fingerprint density at radius 2 is 2.20 bits per heavy atom. The van der Waals surface area contributed by atoms with Crippen LogP contribution in [0, 0.1) is 5.92 Å². The van der Waals surface area contributed by atoms with E-state index in [1.54, 1.807) is 0 Å². The van der Waals surface area contributed by atoms with Crippen molar-refractivity contribution in [3.63, 3.8) is 0 Å². The third kappa shape index (κ3) is 3.80. The number of pyridine rings is 1. The summed E-state index contributed by atoms with van der Waals surface area (Å²) >= 11 is 0. The lowest BCUT2D eigenvalue weighted by atomic mass is 9.96. The fraction of sp³-hybridized carbons (Fsp3) is 0.706. The number of hydrogen-bond donors (Lipinski definition) is 1. The Morgan fingerprint density at radius 1 is 1.40 bits per heavy atom. The molecule has 1 N–H and O–H groups in total. The van der Waals surface area contributed by atoms with Gasteiger partial charge in [0.25, 0.3) is 0 Å². The third-order valence-electron chi connectivity index (χ3n) is 4.43. The van der Waals surface area contributed by atoms with Gasteiger partial charge in [0.05, 0.1) is 0 Å². The van der Waals surface area contributed by atoms with Gasteiger partial charge in [-0.25, -0.2) is 0 Å². The molecule has 1 fully saturated rings. The lowest BCUT2D eigenvalue weighted by Gasteiger charge is -2.44. The predicted octanol–water partition coefficient (Wildman–Crippen LogP) is 3.24. The summed E-state index contributed by atoms with van der Waals surface area (Å²) in [6, 6.07) is 5.95. The summed E-state index contributed by atoms with van der Waals surface area (Å²) < 4.78 is 0. The summed E-state index contributed by atoms with van der Waals surface area (Å²) in [5.74, 6) is 0.751. The molecule has 1 aliphatic heterocycles. The first-order valence-corrected chi connectivity index (χ1v) is 8.00. The normalized spacial score (nSPS) is 25.9. The van der Waals surface area contributed by atoms with E-state index < -0.39 is 0 Å². The van der Waals surface area contributed by atoms with Gasteiger partial charge in [0.1, 0.15) is 0 Å². The molecule has 0 amide bonds. The molecule has 1 saturated heterocycles. The van der Waals surface area contributed by atoms with Crippen LogP contribution >= 0.6 is 0 Å². The van der Waals surface area contributed by atoms with Gasteiger partial charge in [0, 0.05) is 43.6 Å². The second-order valence-corrected chi connectivity index (χ2v) is 6.46. The van der Waals surface area contributed by atoms with Gasteiger partial charge in [-0.2, -0.15) is 0 Å². The highest BCUT2D eigenvalue weighted by molar-refractivity contribution is 5.14. The summed E-state index contributed by atoms with van der Waals surface area (Å²) in [6.07, 6.45) is 6.32. The molecule has 0 saturated carbocycles. The maximum atomic E-state index is 4.28. The average molecular weight is 275 g/mol. The topological polar surface area (TPSA) is 28.2 Å². The van der Waals surface area contributed by atoms with Gasteiger partial charge in [-0.05, 0) is 37.3 Å². The number of aromatic nitrogens is 1. The zero-order chi connectivity index (χ0) is 14.5. The highest BCUT2D eigenvalue weighted by Gasteiger charge is 2.30. The van der Waals surface area contributed by atoms with Crippen LogP contribution in [0.5, 0.6) is 0 Å². The highest BCUT2D eigenvalue weighted by Crippen LogP contribution is 2.26. The van der Waals surface area contributed by atoms with Crippen molar-refractivity contribution >= 4 is 0 Å². The van der Waals surface area contributed by atoms with Gasteiger partial charge in [0.15, 0.2) is 0 Å². The first-order valence-electron chi connectivity index (χ1n) is 8.00. The number of nitrogens with zero attached hydrogens (tertiary/aromatic N) is 2. The minimum absolute atomic E-state index is 0.449. The van der Waals surface area contributed by atoms with Gasteiger partial charge in [-0.3, -0.25) is 9.88 Å². The Hall–Kier alpha value is -0.930. The standard InChI is InChI=1S/C17H29N3/c1-5-17-11-19-16(9-13(2)3)12-20(17)14(4)15-7-6-8-18-10-15/h6-8,10,13-14,16-17,19H,5,9,11-12H2,1-4H3. The second-order valence-electron chi connectivity index (χ2n) is 6.46. The smallest absolute Gasteiger partial charge is 0.0339 e. The number of nitrogens with one attached hydrogen (secondary N) is 1. The first-order chi connectivity index (χ1) is 9.61. The molecule has 3 unspecified atom stereocenters. The van der Waals surface area contributed by atoms with Gasteiger partial charge in [-0.1, -0.05) is 26.8 Å². The van der Waals surface area contributed by atoms with Crippen LogP contribution in [0.25, 0.3) is 0 Å². The zero-order valence-corrected chi connectivity index (χ0v) is 13.3. The van der Waals surface area contributed by atoms with E-state index in [-0.39, 0.29) is 0 Å². The van der Waals surface area contributed by atoms with E-state index >= 15 is 0 Å². The molecule has 20 heavy (non-hydrogen) atoms. The predicted molar refractivity (Wildman–Crippen MR) is 84.7 cm³/mol. The Bertz CT molecular complexity index is 390. The number of piperazine rings is 1. The maximum Gasteiger partial charge on any atom is 0.0339 e. The molecule has 1 aliphatic rings. The van der Waals surface area contributed by atoms with Crippen molar-refractivity contribution in [3.8, 4) is 0 Å². The van der Waals surface area contributed by atoms with Gasteiger partial charge < -0.3 is 5.32 Å². The molecule has 0 spiro atoms. The van der Waals surface area contributed by atoms with Gasteiger partial charge in [-0.15, -0.1) is 0 Å². The molecule has 112 valence electrons. The van der Waals surface area contributed by atoms with Crippen molar-refractivity contribution in [2.75, 3.05) is 13.1 Å².